The third-order valence-electron chi connectivity index (χ3n) is 4.50. The van der Waals surface area contributed by atoms with Crippen LogP contribution in [0.4, 0.5) is 10.1 Å². The molecule has 0 unspecified atom stereocenters. The topological polar surface area (TPSA) is 20.3 Å². The Bertz CT molecular complexity index is 901. The number of anilines is 1. The summed E-state index contributed by atoms with van der Waals surface area (Å²) >= 11 is 1.58. The highest BCUT2D eigenvalue weighted by atomic mass is 32.1. The van der Waals surface area contributed by atoms with Gasteiger partial charge in [-0.2, -0.15) is 0 Å². The third kappa shape index (κ3) is 2.34. The van der Waals surface area contributed by atoms with Crippen LogP contribution in [0, 0.1) is 5.82 Å². The summed E-state index contributed by atoms with van der Waals surface area (Å²) in [4.78, 5) is 15.0. The number of carbonyl (C=O) groups excluding carboxylic acids is 1. The average molecular weight is 325 g/mol. The minimum atomic E-state index is -0.244. The summed E-state index contributed by atoms with van der Waals surface area (Å²) in [6, 6.07) is 12.8. The van der Waals surface area contributed by atoms with Crippen molar-refractivity contribution in [2.45, 2.75) is 25.8 Å². The van der Waals surface area contributed by atoms with Gasteiger partial charge in [-0.3, -0.25) is 4.79 Å². The Morgan fingerprint density at radius 3 is 2.96 bits per heavy atom. The molecule has 0 aliphatic carbocycles. The van der Waals surface area contributed by atoms with E-state index in [2.05, 4.69) is 6.92 Å². The lowest BCUT2D eigenvalue weighted by Crippen LogP contribution is -2.42. The van der Waals surface area contributed by atoms with Crippen LogP contribution in [0.3, 0.4) is 0 Å². The van der Waals surface area contributed by atoms with Crippen molar-refractivity contribution in [2.24, 2.45) is 0 Å². The van der Waals surface area contributed by atoms with Crippen LogP contribution in [0.1, 0.15) is 29.3 Å². The monoisotopic (exact) mass is 325 g/mol. The van der Waals surface area contributed by atoms with Gasteiger partial charge >= 0.3 is 0 Å². The third-order valence-corrected chi connectivity index (χ3v) is 5.47. The van der Waals surface area contributed by atoms with E-state index in [1.807, 2.05) is 34.5 Å². The van der Waals surface area contributed by atoms with Crippen molar-refractivity contribution in [2.75, 3.05) is 4.90 Å². The first kappa shape index (κ1) is 14.4. The van der Waals surface area contributed by atoms with Gasteiger partial charge in [0.1, 0.15) is 5.82 Å². The highest BCUT2D eigenvalue weighted by molar-refractivity contribution is 7.17. The first-order valence-electron chi connectivity index (χ1n) is 7.73. The molecule has 0 saturated carbocycles. The highest BCUT2D eigenvalue weighted by Crippen LogP contribution is 2.35. The lowest BCUT2D eigenvalue weighted by atomic mass is 9.95. The molecule has 0 fully saturated rings. The quantitative estimate of drug-likeness (QED) is 0.615. The second-order valence-electron chi connectivity index (χ2n) is 5.98. The normalized spacial score (nSPS) is 17.3. The van der Waals surface area contributed by atoms with E-state index in [0.717, 1.165) is 39.7 Å². The summed E-state index contributed by atoms with van der Waals surface area (Å²) in [6.07, 6.45) is 1.66. The number of amides is 1. The predicted molar refractivity (Wildman–Crippen MR) is 92.8 cm³/mol. The van der Waals surface area contributed by atoms with Crippen molar-refractivity contribution in [3.63, 3.8) is 0 Å². The van der Waals surface area contributed by atoms with Crippen LogP contribution >= 0.6 is 11.3 Å². The molecule has 0 N–H and O–H groups in total. The fraction of sp³-hybridized carbons (Fsp3) is 0.211. The van der Waals surface area contributed by atoms with Crippen LogP contribution < -0.4 is 4.90 Å². The molecule has 4 rings (SSSR count). The van der Waals surface area contributed by atoms with Gasteiger partial charge in [0.25, 0.3) is 5.91 Å². The van der Waals surface area contributed by atoms with Crippen LogP contribution in [0.25, 0.3) is 10.1 Å². The second kappa shape index (κ2) is 5.46. The zero-order chi connectivity index (χ0) is 16.0. The van der Waals surface area contributed by atoms with E-state index in [4.69, 9.17) is 0 Å². The minimum Gasteiger partial charge on any atom is -0.305 e. The Kier molecular flexibility index (Phi) is 3.42. The number of halogens is 1. The minimum absolute atomic E-state index is 0.00232. The number of carbonyl (C=O) groups is 1. The molecule has 0 saturated heterocycles. The summed E-state index contributed by atoms with van der Waals surface area (Å²) in [7, 11) is 0. The van der Waals surface area contributed by atoms with Crippen molar-refractivity contribution in [3.8, 4) is 0 Å². The van der Waals surface area contributed by atoms with Crippen molar-refractivity contribution in [3.05, 3.63) is 64.8 Å². The molecule has 2 heterocycles. The van der Waals surface area contributed by atoms with E-state index in [1.54, 1.807) is 23.5 Å². The molecular formula is C19H16FNOS. The van der Waals surface area contributed by atoms with Crippen LogP contribution in [0.5, 0.6) is 0 Å². The van der Waals surface area contributed by atoms with Gasteiger partial charge in [-0.15, -0.1) is 11.3 Å². The number of aryl methyl sites for hydroxylation is 1. The molecule has 4 heteroatoms. The number of hydrogen-bond donors (Lipinski definition) is 0. The Hall–Kier alpha value is -2.20. The Morgan fingerprint density at radius 1 is 1.26 bits per heavy atom. The standard InChI is InChI=1S/C19H16FNOS/c1-12-6-7-13-10-14(20)8-9-17(13)21(12)19(22)16-11-23-18-5-3-2-4-15(16)18/h2-5,8-12H,6-7H2,1H3/t12-/m1/s1. The summed E-state index contributed by atoms with van der Waals surface area (Å²) < 4.78 is 14.6. The summed E-state index contributed by atoms with van der Waals surface area (Å²) in [5, 5.41) is 2.92. The van der Waals surface area contributed by atoms with Crippen LogP contribution in [-0.4, -0.2) is 11.9 Å². The number of rotatable bonds is 1. The molecule has 2 aromatic carbocycles. The highest BCUT2D eigenvalue weighted by Gasteiger charge is 2.30. The van der Waals surface area contributed by atoms with Crippen molar-refractivity contribution < 1.29 is 9.18 Å². The van der Waals surface area contributed by atoms with Crippen molar-refractivity contribution >= 4 is 33.0 Å². The molecule has 0 radical (unpaired) electrons. The molecule has 1 aromatic heterocycles. The number of thiophene rings is 1. The van der Waals surface area contributed by atoms with Gasteiger partial charge in [0, 0.05) is 27.2 Å². The Morgan fingerprint density at radius 2 is 2.09 bits per heavy atom. The number of nitrogens with zero attached hydrogens (tertiary/aromatic N) is 1. The maximum absolute atomic E-state index is 13.5. The molecule has 2 nitrogen and oxygen atoms in total. The second-order valence-corrected chi connectivity index (χ2v) is 6.89. The molecule has 1 amide bonds. The van der Waals surface area contributed by atoms with Crippen LogP contribution in [0.2, 0.25) is 0 Å². The van der Waals surface area contributed by atoms with Gasteiger partial charge in [0.2, 0.25) is 0 Å². The molecule has 3 aromatic rings. The van der Waals surface area contributed by atoms with Gasteiger partial charge in [0.05, 0.1) is 5.56 Å². The Labute approximate surface area is 138 Å². The van der Waals surface area contributed by atoms with E-state index in [9.17, 15) is 9.18 Å². The lowest BCUT2D eigenvalue weighted by Gasteiger charge is -2.35. The van der Waals surface area contributed by atoms with Gasteiger partial charge in [-0.1, -0.05) is 18.2 Å². The first-order valence-corrected chi connectivity index (χ1v) is 8.61. The van der Waals surface area contributed by atoms with Crippen LogP contribution in [0.15, 0.2) is 47.8 Å². The van der Waals surface area contributed by atoms with Crippen LogP contribution in [-0.2, 0) is 6.42 Å². The molecule has 0 spiro atoms. The van der Waals surface area contributed by atoms with Crippen molar-refractivity contribution in [1.82, 2.24) is 0 Å². The van der Waals surface area contributed by atoms with Gasteiger partial charge < -0.3 is 4.90 Å². The maximum Gasteiger partial charge on any atom is 0.260 e. The number of fused-ring (bicyclic) bond motifs is 2. The zero-order valence-electron chi connectivity index (χ0n) is 12.8. The number of benzene rings is 2. The van der Waals surface area contributed by atoms with Gasteiger partial charge in [-0.05, 0) is 49.6 Å². The van der Waals surface area contributed by atoms with Gasteiger partial charge in [0.15, 0.2) is 0 Å². The van der Waals surface area contributed by atoms with E-state index in [1.165, 1.54) is 6.07 Å². The average Bonchev–Trinajstić information content (AvgIpc) is 2.98. The fourth-order valence-electron chi connectivity index (χ4n) is 3.30. The molecular weight excluding hydrogens is 309 g/mol. The SMILES string of the molecule is C[C@@H]1CCc2cc(F)ccc2N1C(=O)c1csc2ccccc12. The maximum atomic E-state index is 13.5. The van der Waals surface area contributed by atoms with E-state index >= 15 is 0 Å². The lowest BCUT2D eigenvalue weighted by molar-refractivity contribution is 0.0977. The summed E-state index contributed by atoms with van der Waals surface area (Å²) in [6.45, 7) is 2.05. The fourth-order valence-corrected chi connectivity index (χ4v) is 4.24. The smallest absolute Gasteiger partial charge is 0.260 e. The summed E-state index contributed by atoms with van der Waals surface area (Å²) in [5.41, 5.74) is 2.48. The molecule has 1 aliphatic heterocycles. The zero-order valence-corrected chi connectivity index (χ0v) is 13.6. The van der Waals surface area contributed by atoms with Gasteiger partial charge in [-0.25, -0.2) is 4.39 Å². The molecule has 1 atom stereocenters. The molecule has 23 heavy (non-hydrogen) atoms. The van der Waals surface area contributed by atoms with Crippen molar-refractivity contribution in [1.29, 1.82) is 0 Å². The van der Waals surface area contributed by atoms with E-state index < -0.39 is 0 Å². The first-order chi connectivity index (χ1) is 11.1. The predicted octanol–water partition coefficient (Wildman–Crippen LogP) is 5.02. The molecule has 116 valence electrons. The molecule has 1 aliphatic rings. The van der Waals surface area contributed by atoms with E-state index in [-0.39, 0.29) is 17.8 Å². The largest absolute Gasteiger partial charge is 0.305 e. The summed E-state index contributed by atoms with van der Waals surface area (Å²) in [5.74, 6) is -0.241. The van der Waals surface area contributed by atoms with E-state index in [0.29, 0.717) is 0 Å². The molecule has 0 bridgehead atoms. The number of hydrogen-bond acceptors (Lipinski definition) is 2. The Balaban J connectivity index is 1.82.